The minimum Gasteiger partial charge on any atom is -0.549 e. The molecule has 6 nitrogen and oxygen atoms in total. The molecule has 1 fully saturated rings. The highest BCUT2D eigenvalue weighted by atomic mass is 32.2. The van der Waals surface area contributed by atoms with E-state index in [9.17, 15) is 18.3 Å². The minimum absolute atomic E-state index is 0.0929. The number of carboxylic acid groups (broad SMARTS) is 1. The zero-order valence-electron chi connectivity index (χ0n) is 20.6. The van der Waals surface area contributed by atoms with Gasteiger partial charge in [0.15, 0.2) is 9.84 Å². The topological polar surface area (TPSA) is 111 Å². The summed E-state index contributed by atoms with van der Waals surface area (Å²) in [5.41, 5.74) is 10.4. The summed E-state index contributed by atoms with van der Waals surface area (Å²) in [6.45, 7) is 5.03. The molecule has 5 rings (SSSR count). The van der Waals surface area contributed by atoms with Gasteiger partial charge in [-0.05, 0) is 42.2 Å². The van der Waals surface area contributed by atoms with Crippen LogP contribution in [0.25, 0.3) is 0 Å². The van der Waals surface area contributed by atoms with Crippen molar-refractivity contribution in [3.63, 3.8) is 0 Å². The van der Waals surface area contributed by atoms with Crippen molar-refractivity contribution in [2.24, 2.45) is 0 Å². The Balaban J connectivity index is 0.000000325. The summed E-state index contributed by atoms with van der Waals surface area (Å²) in [4.78, 5) is 11.9. The Labute approximate surface area is 216 Å². The molecule has 3 aromatic rings. The Hall–Kier alpha value is -2.81. The first-order valence-electron chi connectivity index (χ1n) is 12.0. The number of hydrogen-bond donors (Lipinski definition) is 1. The monoisotopic (exact) mass is 525 g/mol. The average Bonchev–Trinajstić information content (AvgIpc) is 2.84. The SMILES string of the molecule is CCc1cc(C)cc2c1Cc1c(ccc(C3CS(=O)(=O)C3)c1SCC(=O)[O-])O2.[NH3+]Cc1ccccc1. The third kappa shape index (κ3) is 5.94. The van der Waals surface area contributed by atoms with Crippen molar-refractivity contribution in [3.8, 4) is 11.5 Å². The zero-order chi connectivity index (χ0) is 25.9. The van der Waals surface area contributed by atoms with E-state index >= 15 is 0 Å². The first-order valence-corrected chi connectivity index (χ1v) is 14.8. The van der Waals surface area contributed by atoms with Crippen molar-refractivity contribution in [3.05, 3.63) is 88.0 Å². The van der Waals surface area contributed by atoms with Crippen LogP contribution in [0.2, 0.25) is 0 Å². The Kier molecular flexibility index (Phi) is 8.07. The van der Waals surface area contributed by atoms with Crippen LogP contribution in [-0.2, 0) is 34.0 Å². The highest BCUT2D eigenvalue weighted by Gasteiger charge is 2.37. The second-order valence-electron chi connectivity index (χ2n) is 9.16. The fourth-order valence-corrected chi connectivity index (χ4v) is 7.16. The first kappa shape index (κ1) is 26.3. The summed E-state index contributed by atoms with van der Waals surface area (Å²) in [6.07, 6.45) is 1.53. The van der Waals surface area contributed by atoms with Gasteiger partial charge < -0.3 is 20.4 Å². The van der Waals surface area contributed by atoms with Crippen LogP contribution < -0.4 is 15.6 Å². The number of rotatable bonds is 6. The fraction of sp³-hybridized carbons (Fsp3) is 0.321. The van der Waals surface area contributed by atoms with Crippen molar-refractivity contribution in [1.82, 2.24) is 0 Å². The van der Waals surface area contributed by atoms with Crippen molar-refractivity contribution < 1.29 is 28.8 Å². The summed E-state index contributed by atoms with van der Waals surface area (Å²) in [5.74, 6) is 0.375. The van der Waals surface area contributed by atoms with Gasteiger partial charge in [0.2, 0.25) is 0 Å². The molecule has 0 aliphatic carbocycles. The van der Waals surface area contributed by atoms with E-state index in [1.165, 1.54) is 22.9 Å². The molecule has 0 atom stereocenters. The molecule has 190 valence electrons. The molecule has 8 heteroatoms. The Morgan fingerprint density at radius 3 is 2.39 bits per heavy atom. The maximum Gasteiger partial charge on any atom is 0.151 e. The number of aryl methyl sites for hydroxylation is 2. The van der Waals surface area contributed by atoms with E-state index in [0.29, 0.717) is 12.2 Å². The molecule has 0 unspecified atom stereocenters. The van der Waals surface area contributed by atoms with E-state index in [1.807, 2.05) is 43.3 Å². The van der Waals surface area contributed by atoms with Gasteiger partial charge in [0.1, 0.15) is 11.5 Å². The van der Waals surface area contributed by atoms with Crippen molar-refractivity contribution >= 4 is 27.6 Å². The molecular weight excluding hydrogens is 494 g/mol. The molecule has 2 aliphatic rings. The summed E-state index contributed by atoms with van der Waals surface area (Å²) >= 11 is 1.20. The molecule has 0 aromatic heterocycles. The zero-order valence-corrected chi connectivity index (χ0v) is 22.2. The third-order valence-corrected chi connectivity index (χ3v) is 9.44. The van der Waals surface area contributed by atoms with Gasteiger partial charge >= 0.3 is 0 Å². The molecule has 2 aliphatic heterocycles. The van der Waals surface area contributed by atoms with Crippen LogP contribution >= 0.6 is 11.8 Å². The van der Waals surface area contributed by atoms with Gasteiger partial charge in [-0.3, -0.25) is 0 Å². The van der Waals surface area contributed by atoms with Crippen LogP contribution in [0.3, 0.4) is 0 Å². The smallest absolute Gasteiger partial charge is 0.151 e. The molecular formula is C28H31NO5S2. The maximum atomic E-state index is 11.7. The van der Waals surface area contributed by atoms with Crippen molar-refractivity contribution in [2.75, 3.05) is 17.3 Å². The van der Waals surface area contributed by atoms with E-state index in [4.69, 9.17) is 4.74 Å². The number of aliphatic carboxylic acids is 1. The largest absolute Gasteiger partial charge is 0.549 e. The van der Waals surface area contributed by atoms with E-state index in [2.05, 4.69) is 30.9 Å². The lowest BCUT2D eigenvalue weighted by Gasteiger charge is -2.31. The number of ether oxygens (including phenoxy) is 1. The predicted octanol–water partition coefficient (Wildman–Crippen LogP) is 3.04. The summed E-state index contributed by atoms with van der Waals surface area (Å²) in [7, 11) is -2.98. The number of thioether (sulfide) groups is 1. The molecule has 36 heavy (non-hydrogen) atoms. The molecule has 0 amide bonds. The van der Waals surface area contributed by atoms with Gasteiger partial charge in [-0.15, -0.1) is 11.8 Å². The van der Waals surface area contributed by atoms with Crippen molar-refractivity contribution in [1.29, 1.82) is 0 Å². The highest BCUT2D eigenvalue weighted by Crippen LogP contribution is 2.46. The first-order chi connectivity index (χ1) is 17.2. The van der Waals surface area contributed by atoms with E-state index < -0.39 is 15.8 Å². The van der Waals surface area contributed by atoms with Gasteiger partial charge in [0, 0.05) is 39.7 Å². The molecule has 3 aromatic carbocycles. The molecule has 0 radical (unpaired) electrons. The lowest BCUT2D eigenvalue weighted by molar-refractivity contribution is -0.386. The number of quaternary nitrogens is 1. The van der Waals surface area contributed by atoms with Gasteiger partial charge in [-0.2, -0.15) is 0 Å². The normalized spacial score (nSPS) is 15.4. The van der Waals surface area contributed by atoms with Crippen molar-refractivity contribution in [2.45, 2.75) is 44.0 Å². The fourth-order valence-electron chi connectivity index (χ4n) is 4.66. The number of benzene rings is 3. The van der Waals surface area contributed by atoms with Crippen LogP contribution in [0.5, 0.6) is 11.5 Å². The number of carbonyl (C=O) groups excluding carboxylic acids is 1. The Morgan fingerprint density at radius 1 is 1.08 bits per heavy atom. The van der Waals surface area contributed by atoms with Crippen LogP contribution in [0.15, 0.2) is 59.5 Å². The predicted molar refractivity (Wildman–Crippen MR) is 140 cm³/mol. The number of carboxylic acids is 1. The van der Waals surface area contributed by atoms with Gasteiger partial charge in [-0.25, -0.2) is 8.42 Å². The molecule has 3 N–H and O–H groups in total. The second-order valence-corrected chi connectivity index (χ2v) is 12.3. The molecule has 0 bridgehead atoms. The maximum absolute atomic E-state index is 11.7. The summed E-state index contributed by atoms with van der Waals surface area (Å²) in [6, 6.07) is 18.2. The summed E-state index contributed by atoms with van der Waals surface area (Å²) in [5, 5.41) is 11.1. The second kappa shape index (κ2) is 11.1. The van der Waals surface area contributed by atoms with Gasteiger partial charge in [-0.1, -0.05) is 49.4 Å². The molecule has 0 spiro atoms. The Morgan fingerprint density at radius 2 is 1.81 bits per heavy atom. The average molecular weight is 526 g/mol. The quantitative estimate of drug-likeness (QED) is 0.388. The van der Waals surface area contributed by atoms with E-state index in [1.54, 1.807) is 0 Å². The number of hydrogen-bond acceptors (Lipinski definition) is 6. The van der Waals surface area contributed by atoms with Crippen LogP contribution in [0.4, 0.5) is 0 Å². The Bertz CT molecular complexity index is 1360. The lowest BCUT2D eigenvalue weighted by Crippen LogP contribution is -2.47. The number of sulfone groups is 1. The van der Waals surface area contributed by atoms with E-state index in [0.717, 1.165) is 45.9 Å². The number of fused-ring (bicyclic) bond motifs is 2. The molecule has 0 saturated carbocycles. The summed E-state index contributed by atoms with van der Waals surface area (Å²) < 4.78 is 29.5. The number of carbonyl (C=O) groups is 1. The van der Waals surface area contributed by atoms with Gasteiger partial charge in [0.25, 0.3) is 0 Å². The van der Waals surface area contributed by atoms with Crippen LogP contribution in [0, 0.1) is 6.92 Å². The van der Waals surface area contributed by atoms with Crippen LogP contribution in [0.1, 0.15) is 46.2 Å². The third-order valence-electron chi connectivity index (χ3n) is 6.46. The van der Waals surface area contributed by atoms with Gasteiger partial charge in [0.05, 0.1) is 24.0 Å². The van der Waals surface area contributed by atoms with E-state index in [-0.39, 0.29) is 23.2 Å². The standard InChI is InChI=1S/C21H22O5S2.C7H9N/c1-3-13-6-12(2)7-19-16(13)8-17-18(26-19)5-4-15(14-10-28(24,25)11-14)21(17)27-9-20(22)23;8-6-7-4-2-1-3-5-7/h4-7,14H,3,8-11H2,1-2H3,(H,22,23);1-5H,6,8H2. The molecule has 2 heterocycles. The van der Waals surface area contributed by atoms with Crippen LogP contribution in [-0.4, -0.2) is 31.6 Å². The molecule has 1 saturated heterocycles. The minimum atomic E-state index is -2.98. The highest BCUT2D eigenvalue weighted by molar-refractivity contribution is 8.00. The lowest BCUT2D eigenvalue weighted by atomic mass is 9.90.